The molecule has 2 aromatic heterocycles. The van der Waals surface area contributed by atoms with Gasteiger partial charge in [0.2, 0.25) is 11.1 Å². The van der Waals surface area contributed by atoms with E-state index in [-0.39, 0.29) is 5.91 Å². The third-order valence-corrected chi connectivity index (χ3v) is 7.37. The molecule has 3 aromatic rings. The van der Waals surface area contributed by atoms with Gasteiger partial charge in [-0.25, -0.2) is 4.68 Å². The van der Waals surface area contributed by atoms with E-state index in [4.69, 9.17) is 0 Å². The van der Waals surface area contributed by atoms with Crippen LogP contribution in [0.5, 0.6) is 0 Å². The fourth-order valence-electron chi connectivity index (χ4n) is 3.51. The van der Waals surface area contributed by atoms with Crippen molar-refractivity contribution in [1.29, 1.82) is 5.26 Å². The van der Waals surface area contributed by atoms with Crippen LogP contribution in [0, 0.1) is 11.3 Å². The third kappa shape index (κ3) is 4.55. The number of hydrogen-bond acceptors (Lipinski definition) is 7. The van der Waals surface area contributed by atoms with Gasteiger partial charge in [0.05, 0.1) is 17.4 Å². The number of nitriles is 1. The van der Waals surface area contributed by atoms with E-state index >= 15 is 0 Å². The molecule has 0 fully saturated rings. The highest BCUT2D eigenvalue weighted by Crippen LogP contribution is 2.37. The zero-order chi connectivity index (χ0) is 20.9. The number of rotatable bonds is 6. The summed E-state index contributed by atoms with van der Waals surface area (Å²) in [7, 11) is 0. The standard InChI is InChI=1S/C21H22N6OS2/c1-14(29-21-24-25-26-27(21)13-15-8-4-2-5-9-15)19(28)23-20-17(12-22)16-10-6-3-7-11-18(16)30-20/h2,4-5,8-9,14H,3,6-7,10-11,13H2,1H3,(H,23,28)/t14-/m0/s1. The maximum Gasteiger partial charge on any atom is 0.238 e. The van der Waals surface area contributed by atoms with Crippen LogP contribution in [0.4, 0.5) is 5.00 Å². The molecule has 1 aliphatic carbocycles. The van der Waals surface area contributed by atoms with Crippen LogP contribution in [-0.2, 0) is 24.2 Å². The van der Waals surface area contributed by atoms with Crippen LogP contribution in [0.1, 0.15) is 47.8 Å². The molecule has 0 saturated carbocycles. The van der Waals surface area contributed by atoms with E-state index in [0.29, 0.717) is 22.3 Å². The monoisotopic (exact) mass is 438 g/mol. The Hall–Kier alpha value is -2.70. The van der Waals surface area contributed by atoms with Gasteiger partial charge >= 0.3 is 0 Å². The number of carbonyl (C=O) groups is 1. The van der Waals surface area contributed by atoms with Crippen molar-refractivity contribution in [3.05, 3.63) is 51.9 Å². The molecule has 1 amide bonds. The molecule has 2 heterocycles. The Morgan fingerprint density at radius 3 is 2.90 bits per heavy atom. The van der Waals surface area contributed by atoms with Gasteiger partial charge in [0, 0.05) is 4.88 Å². The molecule has 1 N–H and O–H groups in total. The summed E-state index contributed by atoms with van der Waals surface area (Å²) in [4.78, 5) is 14.1. The number of tetrazole rings is 1. The number of carbonyl (C=O) groups excluding carboxylic acids is 1. The topological polar surface area (TPSA) is 96.5 Å². The molecule has 4 rings (SSSR count). The number of anilines is 1. The van der Waals surface area contributed by atoms with Gasteiger partial charge in [0.15, 0.2) is 0 Å². The summed E-state index contributed by atoms with van der Waals surface area (Å²) >= 11 is 2.86. The van der Waals surface area contributed by atoms with Crippen LogP contribution in [0.25, 0.3) is 0 Å². The molecule has 0 saturated heterocycles. The largest absolute Gasteiger partial charge is 0.316 e. The lowest BCUT2D eigenvalue weighted by Crippen LogP contribution is -2.23. The second-order valence-corrected chi connectivity index (χ2v) is 9.65. The summed E-state index contributed by atoms with van der Waals surface area (Å²) in [6, 6.07) is 12.2. The van der Waals surface area contributed by atoms with Crippen molar-refractivity contribution >= 4 is 34.0 Å². The predicted molar refractivity (Wildman–Crippen MR) is 118 cm³/mol. The van der Waals surface area contributed by atoms with Crippen LogP contribution >= 0.6 is 23.1 Å². The van der Waals surface area contributed by atoms with E-state index in [1.807, 2.05) is 37.3 Å². The maximum atomic E-state index is 12.8. The van der Waals surface area contributed by atoms with Crippen LogP contribution in [-0.4, -0.2) is 31.4 Å². The molecule has 0 bridgehead atoms. The zero-order valence-corrected chi connectivity index (χ0v) is 18.3. The first-order valence-electron chi connectivity index (χ1n) is 9.98. The first kappa shape index (κ1) is 20.6. The van der Waals surface area contributed by atoms with Gasteiger partial charge in [-0.2, -0.15) is 5.26 Å². The molecule has 1 aromatic carbocycles. The van der Waals surface area contributed by atoms with Crippen molar-refractivity contribution in [2.75, 3.05) is 5.32 Å². The number of hydrogen-bond donors (Lipinski definition) is 1. The van der Waals surface area contributed by atoms with Crippen molar-refractivity contribution < 1.29 is 4.79 Å². The molecule has 0 aliphatic heterocycles. The molecule has 154 valence electrons. The number of nitrogens with one attached hydrogen (secondary N) is 1. The Morgan fingerprint density at radius 1 is 1.30 bits per heavy atom. The fraction of sp³-hybridized carbons (Fsp3) is 0.381. The number of benzene rings is 1. The van der Waals surface area contributed by atoms with Gasteiger partial charge in [0.1, 0.15) is 11.1 Å². The predicted octanol–water partition coefficient (Wildman–Crippen LogP) is 4.04. The average Bonchev–Trinajstić information content (AvgIpc) is 3.24. The number of fused-ring (bicyclic) bond motifs is 1. The molecule has 7 nitrogen and oxygen atoms in total. The third-order valence-electron chi connectivity index (χ3n) is 5.10. The van der Waals surface area contributed by atoms with E-state index in [0.717, 1.165) is 36.8 Å². The molecule has 0 radical (unpaired) electrons. The van der Waals surface area contributed by atoms with Gasteiger partial charge in [0.25, 0.3) is 0 Å². The molecule has 9 heteroatoms. The minimum absolute atomic E-state index is 0.151. The van der Waals surface area contributed by atoms with E-state index in [1.54, 1.807) is 16.0 Å². The van der Waals surface area contributed by atoms with E-state index in [2.05, 4.69) is 26.9 Å². The van der Waals surface area contributed by atoms with Crippen molar-refractivity contribution in [2.24, 2.45) is 0 Å². The highest BCUT2D eigenvalue weighted by Gasteiger charge is 2.24. The SMILES string of the molecule is C[C@H](Sc1nnnn1Cc1ccccc1)C(=O)Nc1sc2c(c1C#N)CCCCC2. The fourth-order valence-corrected chi connectivity index (χ4v) is 5.54. The molecule has 1 aliphatic rings. The number of amides is 1. The van der Waals surface area contributed by atoms with Gasteiger partial charge in [-0.05, 0) is 54.2 Å². The van der Waals surface area contributed by atoms with Crippen LogP contribution in [0.2, 0.25) is 0 Å². The summed E-state index contributed by atoms with van der Waals surface area (Å²) in [6.07, 6.45) is 5.34. The van der Waals surface area contributed by atoms with Gasteiger partial charge < -0.3 is 5.32 Å². The summed E-state index contributed by atoms with van der Waals surface area (Å²) < 4.78 is 1.69. The van der Waals surface area contributed by atoms with E-state index < -0.39 is 5.25 Å². The summed E-state index contributed by atoms with van der Waals surface area (Å²) in [5.41, 5.74) is 2.85. The number of aromatic nitrogens is 4. The smallest absolute Gasteiger partial charge is 0.238 e. The maximum absolute atomic E-state index is 12.8. The lowest BCUT2D eigenvalue weighted by Gasteiger charge is -2.11. The van der Waals surface area contributed by atoms with E-state index in [1.165, 1.54) is 23.1 Å². The Morgan fingerprint density at radius 2 is 2.10 bits per heavy atom. The Bertz CT molecular complexity index is 1070. The van der Waals surface area contributed by atoms with E-state index in [9.17, 15) is 10.1 Å². The Balaban J connectivity index is 1.44. The molecule has 30 heavy (non-hydrogen) atoms. The van der Waals surface area contributed by atoms with Crippen LogP contribution in [0.15, 0.2) is 35.5 Å². The first-order valence-corrected chi connectivity index (χ1v) is 11.7. The zero-order valence-electron chi connectivity index (χ0n) is 16.7. The van der Waals surface area contributed by atoms with Crippen LogP contribution in [0.3, 0.4) is 0 Å². The minimum atomic E-state index is -0.404. The molecule has 1 atom stereocenters. The van der Waals surface area contributed by atoms with Crippen LogP contribution < -0.4 is 5.32 Å². The first-order chi connectivity index (χ1) is 14.7. The van der Waals surface area contributed by atoms with Gasteiger partial charge in [-0.3, -0.25) is 4.79 Å². The molecule has 0 unspecified atom stereocenters. The highest BCUT2D eigenvalue weighted by molar-refractivity contribution is 8.00. The second kappa shape index (κ2) is 9.41. The normalized spacial score (nSPS) is 14.4. The Kier molecular flexibility index (Phi) is 6.45. The van der Waals surface area contributed by atoms with Crippen molar-refractivity contribution in [3.63, 3.8) is 0 Å². The average molecular weight is 439 g/mol. The summed E-state index contributed by atoms with van der Waals surface area (Å²) in [6.45, 7) is 2.37. The molecular weight excluding hydrogens is 416 g/mol. The lowest BCUT2D eigenvalue weighted by molar-refractivity contribution is -0.115. The minimum Gasteiger partial charge on any atom is -0.316 e. The highest BCUT2D eigenvalue weighted by atomic mass is 32.2. The Labute approximate surface area is 183 Å². The van der Waals surface area contributed by atoms with Gasteiger partial charge in [-0.15, -0.1) is 16.4 Å². The summed E-state index contributed by atoms with van der Waals surface area (Å²) in [5, 5.41) is 25.4. The number of aryl methyl sites for hydroxylation is 1. The molecule has 0 spiro atoms. The quantitative estimate of drug-likeness (QED) is 0.461. The number of thioether (sulfide) groups is 1. The van der Waals surface area contributed by atoms with Gasteiger partial charge in [-0.1, -0.05) is 48.5 Å². The second-order valence-electron chi connectivity index (χ2n) is 7.23. The number of nitrogens with zero attached hydrogens (tertiary/aromatic N) is 5. The van der Waals surface area contributed by atoms with Crippen molar-refractivity contribution in [2.45, 2.75) is 56.0 Å². The molecular formula is C21H22N6OS2. The van der Waals surface area contributed by atoms with Crippen molar-refractivity contribution in [1.82, 2.24) is 20.2 Å². The lowest BCUT2D eigenvalue weighted by atomic mass is 10.1. The summed E-state index contributed by atoms with van der Waals surface area (Å²) in [5.74, 6) is -0.151. The number of thiophene rings is 1. The van der Waals surface area contributed by atoms with Crippen molar-refractivity contribution in [3.8, 4) is 6.07 Å².